The molecule has 3 rings (SSSR count). The maximum atomic E-state index is 12.3. The standard InChI is InChI=1S/C16H17F3N2O2/c17-16(18,19)23-13-5-3-12(4-6-13)15(14-2-1-11-22-14)21-9-7-20-8-10-21/h1-6,11,15,20H,7-10H2/t15-/m1/s1. The molecule has 0 unspecified atom stereocenters. The third kappa shape index (κ3) is 4.05. The van der Waals surface area contributed by atoms with Crippen molar-refractivity contribution in [1.29, 1.82) is 0 Å². The number of furan rings is 1. The van der Waals surface area contributed by atoms with Crippen molar-refractivity contribution in [3.8, 4) is 5.75 Å². The van der Waals surface area contributed by atoms with Gasteiger partial charge in [-0.1, -0.05) is 12.1 Å². The lowest BCUT2D eigenvalue weighted by Crippen LogP contribution is -2.45. The van der Waals surface area contributed by atoms with Gasteiger partial charge in [0, 0.05) is 26.2 Å². The van der Waals surface area contributed by atoms with Gasteiger partial charge >= 0.3 is 6.36 Å². The molecule has 124 valence electrons. The van der Waals surface area contributed by atoms with E-state index >= 15 is 0 Å². The quantitative estimate of drug-likeness (QED) is 0.936. The van der Waals surface area contributed by atoms with Crippen molar-refractivity contribution in [2.75, 3.05) is 26.2 Å². The smallest absolute Gasteiger partial charge is 0.467 e. The summed E-state index contributed by atoms with van der Waals surface area (Å²) in [5.41, 5.74) is 0.872. The molecule has 7 heteroatoms. The molecule has 0 amide bonds. The van der Waals surface area contributed by atoms with Crippen molar-refractivity contribution in [3.05, 3.63) is 54.0 Å². The Kier molecular flexibility index (Phi) is 4.58. The van der Waals surface area contributed by atoms with Gasteiger partial charge in [0.1, 0.15) is 11.5 Å². The zero-order valence-electron chi connectivity index (χ0n) is 12.3. The van der Waals surface area contributed by atoms with Gasteiger partial charge in [-0.15, -0.1) is 13.2 Å². The van der Waals surface area contributed by atoms with Crippen LogP contribution in [0, 0.1) is 0 Å². The molecule has 1 aliphatic heterocycles. The molecule has 0 aliphatic carbocycles. The van der Waals surface area contributed by atoms with Crippen molar-refractivity contribution >= 4 is 0 Å². The highest BCUT2D eigenvalue weighted by atomic mass is 19.4. The van der Waals surface area contributed by atoms with Crippen LogP contribution in [0.2, 0.25) is 0 Å². The van der Waals surface area contributed by atoms with Crippen molar-refractivity contribution in [3.63, 3.8) is 0 Å². The van der Waals surface area contributed by atoms with Crippen molar-refractivity contribution in [2.45, 2.75) is 12.4 Å². The first kappa shape index (κ1) is 15.9. The Bertz CT molecular complexity index is 605. The second-order valence-corrected chi connectivity index (χ2v) is 5.32. The molecule has 2 aromatic rings. The van der Waals surface area contributed by atoms with Crippen LogP contribution in [-0.2, 0) is 0 Å². The average Bonchev–Trinajstić information content (AvgIpc) is 3.03. The van der Waals surface area contributed by atoms with Gasteiger partial charge in [0.15, 0.2) is 0 Å². The van der Waals surface area contributed by atoms with Crippen LogP contribution < -0.4 is 10.1 Å². The number of nitrogens with zero attached hydrogens (tertiary/aromatic N) is 1. The lowest BCUT2D eigenvalue weighted by atomic mass is 10.0. The summed E-state index contributed by atoms with van der Waals surface area (Å²) in [5, 5.41) is 3.28. The van der Waals surface area contributed by atoms with Gasteiger partial charge in [-0.25, -0.2) is 0 Å². The van der Waals surface area contributed by atoms with Crippen LogP contribution >= 0.6 is 0 Å². The van der Waals surface area contributed by atoms with Crippen molar-refractivity contribution in [2.24, 2.45) is 0 Å². The lowest BCUT2D eigenvalue weighted by molar-refractivity contribution is -0.274. The van der Waals surface area contributed by atoms with Crippen LogP contribution in [-0.4, -0.2) is 37.4 Å². The summed E-state index contributed by atoms with van der Waals surface area (Å²) in [6, 6.07) is 9.54. The van der Waals surface area contributed by atoms with Gasteiger partial charge in [0.25, 0.3) is 0 Å². The SMILES string of the molecule is FC(F)(F)Oc1ccc([C@H](c2ccco2)N2CCNCC2)cc1. The molecule has 23 heavy (non-hydrogen) atoms. The number of alkyl halides is 3. The van der Waals surface area contributed by atoms with E-state index in [1.165, 1.54) is 12.1 Å². The Morgan fingerprint density at radius 3 is 2.35 bits per heavy atom. The zero-order valence-corrected chi connectivity index (χ0v) is 12.3. The summed E-state index contributed by atoms with van der Waals surface area (Å²) in [5.74, 6) is 0.552. The maximum absolute atomic E-state index is 12.3. The van der Waals surface area contributed by atoms with E-state index in [0.717, 1.165) is 37.5 Å². The fraction of sp³-hybridized carbons (Fsp3) is 0.375. The fourth-order valence-electron chi connectivity index (χ4n) is 2.79. The molecule has 0 saturated carbocycles. The molecule has 0 spiro atoms. The number of halogens is 3. The van der Waals surface area contributed by atoms with Gasteiger partial charge in [-0.05, 0) is 29.8 Å². The van der Waals surface area contributed by atoms with E-state index in [0.29, 0.717) is 0 Å². The summed E-state index contributed by atoms with van der Waals surface area (Å²) >= 11 is 0. The molecule has 4 nitrogen and oxygen atoms in total. The lowest BCUT2D eigenvalue weighted by Gasteiger charge is -2.34. The van der Waals surface area contributed by atoms with E-state index in [4.69, 9.17) is 4.42 Å². The van der Waals surface area contributed by atoms with E-state index in [2.05, 4.69) is 15.0 Å². The zero-order chi connectivity index (χ0) is 16.3. The monoisotopic (exact) mass is 326 g/mol. The number of rotatable bonds is 4. The molecule has 2 heterocycles. The molecule has 1 aliphatic rings. The highest BCUT2D eigenvalue weighted by Gasteiger charge is 2.31. The molecule has 1 fully saturated rings. The molecular weight excluding hydrogens is 309 g/mol. The predicted molar refractivity (Wildman–Crippen MR) is 78.1 cm³/mol. The minimum atomic E-state index is -4.68. The first-order valence-corrected chi connectivity index (χ1v) is 7.37. The summed E-state index contributed by atoms with van der Waals surface area (Å²) in [6.07, 6.45) is -3.08. The molecule has 0 radical (unpaired) electrons. The third-order valence-corrected chi connectivity index (χ3v) is 3.76. The Morgan fingerprint density at radius 2 is 1.78 bits per heavy atom. The Labute approximate surface area is 131 Å². The minimum absolute atomic E-state index is 0.118. The minimum Gasteiger partial charge on any atom is -0.467 e. The van der Waals surface area contributed by atoms with Crippen molar-refractivity contribution in [1.82, 2.24) is 10.2 Å². The third-order valence-electron chi connectivity index (χ3n) is 3.76. The number of piperazine rings is 1. The highest BCUT2D eigenvalue weighted by molar-refractivity contribution is 5.33. The second-order valence-electron chi connectivity index (χ2n) is 5.32. The molecule has 1 aromatic carbocycles. The van der Waals surface area contributed by atoms with E-state index in [1.54, 1.807) is 18.4 Å². The summed E-state index contributed by atoms with van der Waals surface area (Å²) in [7, 11) is 0. The largest absolute Gasteiger partial charge is 0.573 e. The number of nitrogens with one attached hydrogen (secondary N) is 1. The fourth-order valence-corrected chi connectivity index (χ4v) is 2.79. The average molecular weight is 326 g/mol. The second kappa shape index (κ2) is 6.64. The van der Waals surface area contributed by atoms with Crippen LogP contribution in [0.5, 0.6) is 5.75 Å². The van der Waals surface area contributed by atoms with Crippen molar-refractivity contribution < 1.29 is 22.3 Å². The topological polar surface area (TPSA) is 37.6 Å². The maximum Gasteiger partial charge on any atom is 0.573 e. The van der Waals surface area contributed by atoms with Crippen LogP contribution in [0.25, 0.3) is 0 Å². The summed E-state index contributed by atoms with van der Waals surface area (Å²) < 4.78 is 46.3. The van der Waals surface area contributed by atoms with E-state index in [-0.39, 0.29) is 11.8 Å². The Hall–Kier alpha value is -1.99. The molecule has 1 N–H and O–H groups in total. The molecular formula is C16H17F3N2O2. The summed E-state index contributed by atoms with van der Waals surface area (Å²) in [6.45, 7) is 3.41. The number of benzene rings is 1. The number of hydrogen-bond acceptors (Lipinski definition) is 4. The van der Waals surface area contributed by atoms with Crippen LogP contribution in [0.1, 0.15) is 17.4 Å². The van der Waals surface area contributed by atoms with E-state index < -0.39 is 6.36 Å². The molecule has 1 atom stereocenters. The van der Waals surface area contributed by atoms with Crippen LogP contribution in [0.4, 0.5) is 13.2 Å². The van der Waals surface area contributed by atoms with E-state index in [1.807, 2.05) is 12.1 Å². The molecule has 1 saturated heterocycles. The van der Waals surface area contributed by atoms with Gasteiger partial charge in [-0.2, -0.15) is 0 Å². The van der Waals surface area contributed by atoms with Gasteiger partial charge in [0.05, 0.1) is 12.3 Å². The Morgan fingerprint density at radius 1 is 1.09 bits per heavy atom. The highest BCUT2D eigenvalue weighted by Crippen LogP contribution is 2.31. The van der Waals surface area contributed by atoms with E-state index in [9.17, 15) is 13.2 Å². The first-order chi connectivity index (χ1) is 11.0. The Balaban J connectivity index is 1.84. The normalized spacial score (nSPS) is 17.9. The van der Waals surface area contributed by atoms with Gasteiger partial charge < -0.3 is 14.5 Å². The number of hydrogen-bond donors (Lipinski definition) is 1. The molecule has 0 bridgehead atoms. The predicted octanol–water partition coefficient (Wildman–Crippen LogP) is 3.17. The first-order valence-electron chi connectivity index (χ1n) is 7.37. The van der Waals surface area contributed by atoms with Gasteiger partial charge in [-0.3, -0.25) is 4.90 Å². The number of ether oxygens (including phenoxy) is 1. The molecule has 1 aromatic heterocycles. The van der Waals surface area contributed by atoms with Gasteiger partial charge in [0.2, 0.25) is 0 Å². The van der Waals surface area contributed by atoms with Crippen LogP contribution in [0.15, 0.2) is 47.1 Å². The van der Waals surface area contributed by atoms with Crippen LogP contribution in [0.3, 0.4) is 0 Å². The summed E-state index contributed by atoms with van der Waals surface area (Å²) in [4.78, 5) is 2.24.